The van der Waals surface area contributed by atoms with E-state index in [4.69, 9.17) is 15.3 Å². The third-order valence-corrected chi connectivity index (χ3v) is 3.61. The van der Waals surface area contributed by atoms with Crippen molar-refractivity contribution in [1.29, 1.82) is 10.5 Å². The van der Waals surface area contributed by atoms with Crippen LogP contribution in [0.5, 0.6) is 5.75 Å². The van der Waals surface area contributed by atoms with Gasteiger partial charge in [-0.1, -0.05) is 28.1 Å². The molecular weight excluding hydrogens is 347 g/mol. The maximum Gasteiger partial charge on any atom is 0.130 e. The number of hydrogen-bond donors (Lipinski definition) is 0. The third-order valence-electron chi connectivity index (χ3n) is 2.83. The minimum atomic E-state index is -0.317. The molecule has 0 radical (unpaired) electrons. The first kappa shape index (κ1) is 15.8. The zero-order chi connectivity index (χ0) is 15.9. The van der Waals surface area contributed by atoms with Crippen molar-refractivity contribution in [2.75, 3.05) is 0 Å². The summed E-state index contributed by atoms with van der Waals surface area (Å²) in [4.78, 5) is 0. The molecule has 0 amide bonds. The van der Waals surface area contributed by atoms with E-state index in [2.05, 4.69) is 15.9 Å². The number of nitriles is 2. The predicted molar refractivity (Wildman–Crippen MR) is 84.1 cm³/mol. The standard InChI is InChI=1S/C17H10BrFN2O/c18-17-6-3-15(19)8-14(17)11-22-16-4-1-12(2-5-16)7-13(9-20)10-21/h1-8H,11H2. The molecule has 0 atom stereocenters. The van der Waals surface area contributed by atoms with Crippen molar-refractivity contribution in [2.24, 2.45) is 0 Å². The van der Waals surface area contributed by atoms with Gasteiger partial charge in [-0.3, -0.25) is 0 Å². The van der Waals surface area contributed by atoms with Gasteiger partial charge in [0.15, 0.2) is 0 Å². The maximum absolute atomic E-state index is 13.2. The number of hydrogen-bond acceptors (Lipinski definition) is 3. The van der Waals surface area contributed by atoms with Gasteiger partial charge < -0.3 is 4.74 Å². The van der Waals surface area contributed by atoms with Crippen LogP contribution in [-0.2, 0) is 6.61 Å². The van der Waals surface area contributed by atoms with Crippen LogP contribution in [0.4, 0.5) is 4.39 Å². The van der Waals surface area contributed by atoms with Crippen LogP contribution in [0.3, 0.4) is 0 Å². The zero-order valence-corrected chi connectivity index (χ0v) is 13.0. The van der Waals surface area contributed by atoms with E-state index in [0.717, 1.165) is 10.0 Å². The summed E-state index contributed by atoms with van der Waals surface area (Å²) in [6, 6.07) is 15.0. The fraction of sp³-hybridized carbons (Fsp3) is 0.0588. The van der Waals surface area contributed by atoms with Crippen molar-refractivity contribution in [1.82, 2.24) is 0 Å². The van der Waals surface area contributed by atoms with Crippen molar-refractivity contribution < 1.29 is 9.13 Å². The Morgan fingerprint density at radius 3 is 2.45 bits per heavy atom. The molecule has 0 unspecified atom stereocenters. The van der Waals surface area contributed by atoms with Gasteiger partial charge in [0, 0.05) is 10.0 Å². The summed E-state index contributed by atoms with van der Waals surface area (Å²) >= 11 is 3.34. The molecule has 0 N–H and O–H groups in total. The summed E-state index contributed by atoms with van der Waals surface area (Å²) in [5, 5.41) is 17.4. The van der Waals surface area contributed by atoms with E-state index in [0.29, 0.717) is 11.3 Å². The molecule has 0 spiro atoms. The zero-order valence-electron chi connectivity index (χ0n) is 11.4. The maximum atomic E-state index is 13.2. The molecule has 2 aromatic carbocycles. The second-order valence-electron chi connectivity index (χ2n) is 4.38. The van der Waals surface area contributed by atoms with Crippen molar-refractivity contribution in [3.63, 3.8) is 0 Å². The fourth-order valence-electron chi connectivity index (χ4n) is 1.73. The molecule has 0 saturated heterocycles. The highest BCUT2D eigenvalue weighted by molar-refractivity contribution is 9.10. The summed E-state index contributed by atoms with van der Waals surface area (Å²) in [6.45, 7) is 0.231. The molecular formula is C17H10BrFN2O. The molecule has 0 bridgehead atoms. The Hall–Kier alpha value is -2.63. The summed E-state index contributed by atoms with van der Waals surface area (Å²) in [7, 11) is 0. The monoisotopic (exact) mass is 356 g/mol. The van der Waals surface area contributed by atoms with E-state index in [1.54, 1.807) is 42.5 Å². The molecule has 2 rings (SSSR count). The van der Waals surface area contributed by atoms with Gasteiger partial charge in [-0.05, 0) is 42.0 Å². The molecule has 0 fully saturated rings. The van der Waals surface area contributed by atoms with Crippen molar-refractivity contribution in [2.45, 2.75) is 6.61 Å². The molecule has 108 valence electrons. The highest BCUT2D eigenvalue weighted by Crippen LogP contribution is 2.21. The molecule has 22 heavy (non-hydrogen) atoms. The Bertz CT molecular complexity index is 770. The second kappa shape index (κ2) is 7.40. The number of halogens is 2. The number of benzene rings is 2. The predicted octanol–water partition coefficient (Wildman–Crippen LogP) is 4.60. The van der Waals surface area contributed by atoms with E-state index < -0.39 is 0 Å². The Kier molecular flexibility index (Phi) is 5.30. The highest BCUT2D eigenvalue weighted by atomic mass is 79.9. The Labute approximate surface area is 136 Å². The van der Waals surface area contributed by atoms with Gasteiger partial charge in [-0.15, -0.1) is 0 Å². The number of ether oxygens (including phenoxy) is 1. The lowest BCUT2D eigenvalue weighted by atomic mass is 10.1. The molecule has 0 aliphatic heterocycles. The van der Waals surface area contributed by atoms with Gasteiger partial charge in [-0.2, -0.15) is 10.5 Å². The van der Waals surface area contributed by atoms with Gasteiger partial charge in [0.2, 0.25) is 0 Å². The van der Waals surface area contributed by atoms with Crippen LogP contribution >= 0.6 is 15.9 Å². The van der Waals surface area contributed by atoms with Crippen molar-refractivity contribution >= 4 is 22.0 Å². The fourth-order valence-corrected chi connectivity index (χ4v) is 2.09. The first-order chi connectivity index (χ1) is 10.6. The van der Waals surface area contributed by atoms with E-state index in [9.17, 15) is 4.39 Å². The number of rotatable bonds is 4. The first-order valence-electron chi connectivity index (χ1n) is 6.31. The average molecular weight is 357 g/mol. The number of nitrogens with zero attached hydrogens (tertiary/aromatic N) is 2. The summed E-state index contributed by atoms with van der Waals surface area (Å²) in [5.41, 5.74) is 1.48. The minimum Gasteiger partial charge on any atom is -0.489 e. The highest BCUT2D eigenvalue weighted by Gasteiger charge is 2.03. The van der Waals surface area contributed by atoms with Gasteiger partial charge in [0.25, 0.3) is 0 Å². The van der Waals surface area contributed by atoms with Crippen LogP contribution in [-0.4, -0.2) is 0 Å². The van der Waals surface area contributed by atoms with Gasteiger partial charge in [0.05, 0.1) is 0 Å². The van der Waals surface area contributed by atoms with Crippen LogP contribution < -0.4 is 4.74 Å². The first-order valence-corrected chi connectivity index (χ1v) is 7.10. The van der Waals surface area contributed by atoms with E-state index in [1.165, 1.54) is 18.2 Å². The van der Waals surface area contributed by atoms with Crippen LogP contribution in [0.15, 0.2) is 52.5 Å². The van der Waals surface area contributed by atoms with Gasteiger partial charge >= 0.3 is 0 Å². The second-order valence-corrected chi connectivity index (χ2v) is 5.23. The molecule has 0 aliphatic carbocycles. The lowest BCUT2D eigenvalue weighted by Crippen LogP contribution is -1.97. The van der Waals surface area contributed by atoms with Crippen molar-refractivity contribution in [3.05, 3.63) is 69.5 Å². The van der Waals surface area contributed by atoms with Crippen LogP contribution in [0.2, 0.25) is 0 Å². The third kappa shape index (κ3) is 4.18. The van der Waals surface area contributed by atoms with Crippen LogP contribution in [0, 0.1) is 28.5 Å². The Morgan fingerprint density at radius 2 is 1.82 bits per heavy atom. The molecule has 2 aromatic rings. The lowest BCUT2D eigenvalue weighted by Gasteiger charge is -2.08. The molecule has 0 aromatic heterocycles. The largest absolute Gasteiger partial charge is 0.489 e. The smallest absolute Gasteiger partial charge is 0.130 e. The summed E-state index contributed by atoms with van der Waals surface area (Å²) < 4.78 is 19.6. The van der Waals surface area contributed by atoms with Gasteiger partial charge in [-0.25, -0.2) is 4.39 Å². The molecule has 0 aliphatic rings. The minimum absolute atomic E-state index is 0.0392. The summed E-state index contributed by atoms with van der Waals surface area (Å²) in [6.07, 6.45) is 1.49. The number of allylic oxidation sites excluding steroid dienone is 1. The summed E-state index contributed by atoms with van der Waals surface area (Å²) in [5.74, 6) is 0.298. The average Bonchev–Trinajstić information content (AvgIpc) is 2.54. The van der Waals surface area contributed by atoms with Crippen LogP contribution in [0.1, 0.15) is 11.1 Å². The Balaban J connectivity index is 2.06. The molecule has 0 heterocycles. The normalized spacial score (nSPS) is 9.45. The SMILES string of the molecule is N#CC(C#N)=Cc1ccc(OCc2cc(F)ccc2Br)cc1. The lowest BCUT2D eigenvalue weighted by molar-refractivity contribution is 0.305. The molecule has 5 heteroatoms. The molecule has 0 saturated carbocycles. The Morgan fingerprint density at radius 1 is 1.14 bits per heavy atom. The molecule has 3 nitrogen and oxygen atoms in total. The van der Waals surface area contributed by atoms with E-state index >= 15 is 0 Å². The van der Waals surface area contributed by atoms with Crippen LogP contribution in [0.25, 0.3) is 6.08 Å². The van der Waals surface area contributed by atoms with Crippen molar-refractivity contribution in [3.8, 4) is 17.9 Å². The van der Waals surface area contributed by atoms with Gasteiger partial charge in [0.1, 0.15) is 35.9 Å². The van der Waals surface area contributed by atoms with E-state index in [1.807, 2.05) is 0 Å². The van der Waals surface area contributed by atoms with E-state index in [-0.39, 0.29) is 18.0 Å². The topological polar surface area (TPSA) is 56.8 Å². The quantitative estimate of drug-likeness (QED) is 0.752.